The van der Waals surface area contributed by atoms with Gasteiger partial charge in [-0.25, -0.2) is 9.97 Å². The molecule has 2 aromatic heterocycles. The van der Waals surface area contributed by atoms with Crippen LogP contribution in [0.15, 0.2) is 73.3 Å². The molecule has 11 nitrogen and oxygen atoms in total. The van der Waals surface area contributed by atoms with Gasteiger partial charge in [0.05, 0.1) is 23.9 Å². The quantitative estimate of drug-likeness (QED) is 0.133. The first-order valence-corrected chi connectivity index (χ1v) is 16.0. The summed E-state index contributed by atoms with van der Waals surface area (Å²) in [6.45, 7) is 8.24. The lowest BCUT2D eigenvalue weighted by Gasteiger charge is -2.19. The molecule has 4 rings (SSSR count). The van der Waals surface area contributed by atoms with Crippen LogP contribution in [0.1, 0.15) is 75.7 Å². The van der Waals surface area contributed by atoms with Crippen LogP contribution in [0.25, 0.3) is 22.5 Å². The van der Waals surface area contributed by atoms with Crippen LogP contribution < -0.4 is 15.4 Å². The number of unbranched alkanes of at least 4 members (excludes halogenated alkanes) is 4. The van der Waals surface area contributed by atoms with Crippen molar-refractivity contribution < 1.29 is 24.2 Å². The van der Waals surface area contributed by atoms with Crippen molar-refractivity contribution in [2.45, 2.75) is 77.8 Å². The summed E-state index contributed by atoms with van der Waals surface area (Å²) in [5.41, 5.74) is 3.39. The fourth-order valence-electron chi connectivity index (χ4n) is 4.83. The summed E-state index contributed by atoms with van der Waals surface area (Å²) < 4.78 is 7.54. The number of carbonyl (C=O) groups excluding carboxylic acids is 2. The number of carboxylic acids is 1. The number of benzene rings is 2. The second-order valence-electron chi connectivity index (χ2n) is 12.5. The molecule has 0 fully saturated rings. The number of aromatic nitrogens is 4. The van der Waals surface area contributed by atoms with Crippen molar-refractivity contribution in [1.29, 1.82) is 0 Å². The number of hydrogen-bond acceptors (Lipinski definition) is 7. The Hall–Kier alpha value is -5.06. The Morgan fingerprint density at radius 1 is 0.872 bits per heavy atom. The first kappa shape index (κ1) is 34.8. The first-order chi connectivity index (χ1) is 22.5. The lowest BCUT2D eigenvalue weighted by molar-refractivity contribution is -0.138. The molecule has 4 aromatic rings. The summed E-state index contributed by atoms with van der Waals surface area (Å²) in [6, 6.07) is 14.3. The molecular formula is C36H44N6O5. The van der Waals surface area contributed by atoms with E-state index in [1.807, 2.05) is 69.3 Å². The van der Waals surface area contributed by atoms with Crippen molar-refractivity contribution >= 4 is 17.8 Å². The van der Waals surface area contributed by atoms with Gasteiger partial charge in [0.25, 0.3) is 5.91 Å². The van der Waals surface area contributed by atoms with Crippen LogP contribution in [0, 0.1) is 0 Å². The van der Waals surface area contributed by atoms with Crippen LogP contribution in [0.2, 0.25) is 0 Å². The molecule has 1 atom stereocenters. The van der Waals surface area contributed by atoms with E-state index < -0.39 is 30.4 Å². The van der Waals surface area contributed by atoms with E-state index in [2.05, 4.69) is 32.6 Å². The fourth-order valence-corrected chi connectivity index (χ4v) is 4.83. The Labute approximate surface area is 275 Å². The van der Waals surface area contributed by atoms with Gasteiger partial charge in [-0.1, -0.05) is 69.0 Å². The van der Waals surface area contributed by atoms with E-state index in [-0.39, 0.29) is 12.0 Å². The number of carbonyl (C=O) groups is 3. The summed E-state index contributed by atoms with van der Waals surface area (Å²) in [5.74, 6) is -0.877. The monoisotopic (exact) mass is 640 g/mol. The molecule has 0 spiro atoms. The van der Waals surface area contributed by atoms with Gasteiger partial charge >= 0.3 is 5.97 Å². The molecule has 0 aliphatic rings. The highest BCUT2D eigenvalue weighted by molar-refractivity contribution is 5.97. The van der Waals surface area contributed by atoms with Gasteiger partial charge in [0.2, 0.25) is 5.91 Å². The molecular weight excluding hydrogens is 596 g/mol. The molecule has 3 N–H and O–H groups in total. The number of nitrogens with one attached hydrogen (secondary N) is 2. The second-order valence-corrected chi connectivity index (χ2v) is 12.5. The number of amides is 2. The topological polar surface area (TPSA) is 148 Å². The van der Waals surface area contributed by atoms with Gasteiger partial charge in [0.15, 0.2) is 5.82 Å². The number of ether oxygens (including phenoxy) is 1. The van der Waals surface area contributed by atoms with Gasteiger partial charge < -0.3 is 20.5 Å². The van der Waals surface area contributed by atoms with Crippen LogP contribution in [0.5, 0.6) is 5.75 Å². The molecule has 0 bridgehead atoms. The second kappa shape index (κ2) is 16.5. The van der Waals surface area contributed by atoms with Crippen LogP contribution in [-0.2, 0) is 21.5 Å². The van der Waals surface area contributed by atoms with Crippen molar-refractivity contribution in [3.8, 4) is 28.3 Å². The minimum atomic E-state index is -1.18. The van der Waals surface area contributed by atoms with Crippen molar-refractivity contribution in [2.75, 3.05) is 13.2 Å². The van der Waals surface area contributed by atoms with Crippen molar-refractivity contribution in [3.05, 3.63) is 84.4 Å². The Morgan fingerprint density at radius 2 is 1.53 bits per heavy atom. The molecule has 47 heavy (non-hydrogen) atoms. The van der Waals surface area contributed by atoms with Crippen LogP contribution in [0.4, 0.5) is 0 Å². The lowest BCUT2D eigenvalue weighted by atomic mass is 10.0. The van der Waals surface area contributed by atoms with Crippen LogP contribution >= 0.6 is 0 Å². The highest BCUT2D eigenvalue weighted by Gasteiger charge is 2.24. The number of nitrogens with zero attached hydrogens (tertiary/aromatic N) is 4. The summed E-state index contributed by atoms with van der Waals surface area (Å²) in [6.07, 6.45) is 12.7. The maximum Gasteiger partial charge on any atom is 0.322 e. The average Bonchev–Trinajstić information content (AvgIpc) is 3.58. The Bertz CT molecular complexity index is 1610. The van der Waals surface area contributed by atoms with Gasteiger partial charge in [0, 0.05) is 36.1 Å². The minimum Gasteiger partial charge on any atom is -0.494 e. The fraction of sp³-hybridized carbons (Fsp3) is 0.389. The Balaban J connectivity index is 1.38. The van der Waals surface area contributed by atoms with Crippen molar-refractivity contribution in [1.82, 2.24) is 30.4 Å². The predicted molar refractivity (Wildman–Crippen MR) is 180 cm³/mol. The maximum atomic E-state index is 13.0. The Kier molecular flexibility index (Phi) is 12.2. The first-order valence-electron chi connectivity index (χ1n) is 16.0. The summed E-state index contributed by atoms with van der Waals surface area (Å²) >= 11 is 0. The van der Waals surface area contributed by atoms with E-state index in [0.717, 1.165) is 41.0 Å². The average molecular weight is 641 g/mol. The molecule has 1 unspecified atom stereocenters. The third kappa shape index (κ3) is 10.5. The third-order valence-corrected chi connectivity index (χ3v) is 7.58. The molecule has 2 amide bonds. The lowest BCUT2D eigenvalue weighted by Crippen LogP contribution is -2.49. The summed E-state index contributed by atoms with van der Waals surface area (Å²) in [5, 5.41) is 18.4. The third-order valence-electron chi connectivity index (χ3n) is 7.58. The maximum absolute atomic E-state index is 13.0. The van der Waals surface area contributed by atoms with Gasteiger partial charge in [0.1, 0.15) is 18.3 Å². The Morgan fingerprint density at radius 3 is 2.15 bits per heavy atom. The molecule has 2 aromatic carbocycles. The standard InChI is InChI=1S/C36H44N6O5/c1-5-6-7-8-9-18-47-30-16-14-26(15-17-30)28-20-37-33(38-21-28)27-12-10-25(11-13-27)19-31(35(46)39-23-32(43)44)41-34(45)29-22-40-42(24-29)36(2,3)4/h10-17,20-22,24,31H,5-9,18-19,23H2,1-4H3,(H,39,46)(H,41,45)(H,43,44). The van der Waals surface area contributed by atoms with Crippen molar-refractivity contribution in [3.63, 3.8) is 0 Å². The van der Waals surface area contributed by atoms with E-state index >= 15 is 0 Å². The number of carboxylic acid groups (broad SMARTS) is 1. The van der Waals surface area contributed by atoms with Crippen LogP contribution in [-0.4, -0.2) is 61.8 Å². The number of rotatable bonds is 16. The molecule has 0 saturated carbocycles. The zero-order valence-electron chi connectivity index (χ0n) is 27.5. The van der Waals surface area contributed by atoms with Gasteiger partial charge in [-0.15, -0.1) is 0 Å². The minimum absolute atomic E-state index is 0.142. The molecule has 11 heteroatoms. The molecule has 0 aliphatic heterocycles. The highest BCUT2D eigenvalue weighted by atomic mass is 16.5. The van der Waals surface area contributed by atoms with E-state index in [9.17, 15) is 14.4 Å². The largest absolute Gasteiger partial charge is 0.494 e. The zero-order chi connectivity index (χ0) is 33.8. The zero-order valence-corrected chi connectivity index (χ0v) is 27.5. The molecule has 0 saturated heterocycles. The molecule has 2 heterocycles. The van der Waals surface area contributed by atoms with Crippen LogP contribution in [0.3, 0.4) is 0 Å². The van der Waals surface area contributed by atoms with Crippen molar-refractivity contribution in [2.24, 2.45) is 0 Å². The van der Waals surface area contributed by atoms with Gasteiger partial charge in [-0.3, -0.25) is 19.1 Å². The van der Waals surface area contributed by atoms with E-state index in [1.54, 1.807) is 23.3 Å². The summed E-state index contributed by atoms with van der Waals surface area (Å²) in [4.78, 5) is 46.1. The van der Waals surface area contributed by atoms with E-state index in [0.29, 0.717) is 11.4 Å². The van der Waals surface area contributed by atoms with E-state index in [1.165, 1.54) is 31.9 Å². The summed E-state index contributed by atoms with van der Waals surface area (Å²) in [7, 11) is 0. The molecule has 248 valence electrons. The highest BCUT2D eigenvalue weighted by Crippen LogP contribution is 2.24. The van der Waals surface area contributed by atoms with E-state index in [4.69, 9.17) is 9.84 Å². The SMILES string of the molecule is CCCCCCCOc1ccc(-c2cnc(-c3ccc(CC(NC(=O)c4cnn(C(C)(C)C)c4)C(=O)NCC(=O)O)cc3)nc2)cc1. The van der Waals surface area contributed by atoms with Gasteiger partial charge in [-0.05, 0) is 50.5 Å². The molecule has 0 radical (unpaired) electrons. The van der Waals surface area contributed by atoms with Gasteiger partial charge in [-0.2, -0.15) is 5.10 Å². The normalized spacial score (nSPS) is 11.9. The predicted octanol–water partition coefficient (Wildman–Crippen LogP) is 5.65. The number of hydrogen-bond donors (Lipinski definition) is 3. The molecule has 0 aliphatic carbocycles. The number of aliphatic carboxylic acids is 1. The smallest absolute Gasteiger partial charge is 0.322 e.